The molecular weight excluding hydrogens is 174 g/mol. The highest BCUT2D eigenvalue weighted by molar-refractivity contribution is 4.88. The largest absolute Gasteiger partial charge is 0.396 e. The molecule has 2 heteroatoms. The molecule has 0 aliphatic heterocycles. The molecule has 0 spiro atoms. The van der Waals surface area contributed by atoms with Gasteiger partial charge in [-0.25, -0.2) is 0 Å². The molecule has 2 rings (SSSR count). The Kier molecular flexibility index (Phi) is 3.45. The lowest BCUT2D eigenvalue weighted by molar-refractivity contribution is 0.0306. The van der Waals surface area contributed by atoms with Gasteiger partial charge in [0.25, 0.3) is 0 Å². The number of rotatable bonds is 5. The first-order chi connectivity index (χ1) is 6.83. The van der Waals surface area contributed by atoms with Crippen LogP contribution >= 0.6 is 0 Å². The summed E-state index contributed by atoms with van der Waals surface area (Å²) >= 11 is 0. The van der Waals surface area contributed by atoms with Crippen molar-refractivity contribution in [1.29, 1.82) is 0 Å². The molecule has 0 atom stereocenters. The van der Waals surface area contributed by atoms with Crippen molar-refractivity contribution in [2.24, 2.45) is 11.8 Å². The third-order valence-electron chi connectivity index (χ3n) is 4.11. The second-order valence-corrected chi connectivity index (χ2v) is 5.06. The smallest absolute Gasteiger partial charge is 0.0460 e. The maximum atomic E-state index is 8.98. The Morgan fingerprint density at radius 2 is 1.93 bits per heavy atom. The molecule has 0 amide bonds. The topological polar surface area (TPSA) is 23.5 Å². The molecule has 0 aromatic rings. The van der Waals surface area contributed by atoms with Crippen molar-refractivity contribution in [3.63, 3.8) is 0 Å². The van der Waals surface area contributed by atoms with Gasteiger partial charge in [-0.3, -0.25) is 0 Å². The van der Waals surface area contributed by atoms with Crippen molar-refractivity contribution >= 4 is 0 Å². The predicted octanol–water partition coefficient (Wildman–Crippen LogP) is 1.88. The Morgan fingerprint density at radius 1 is 1.21 bits per heavy atom. The Labute approximate surface area is 87.3 Å². The van der Waals surface area contributed by atoms with E-state index >= 15 is 0 Å². The third kappa shape index (κ3) is 2.12. The minimum atomic E-state index is 0.400. The van der Waals surface area contributed by atoms with E-state index in [0.717, 1.165) is 12.0 Å². The molecule has 2 fully saturated rings. The summed E-state index contributed by atoms with van der Waals surface area (Å²) in [5.41, 5.74) is 0. The van der Waals surface area contributed by atoms with E-state index in [1.807, 2.05) is 0 Å². The summed E-state index contributed by atoms with van der Waals surface area (Å²) in [5, 5.41) is 8.98. The zero-order valence-electron chi connectivity index (χ0n) is 9.28. The highest BCUT2D eigenvalue weighted by atomic mass is 16.3. The van der Waals surface area contributed by atoms with Gasteiger partial charge in [0, 0.05) is 19.2 Å². The van der Waals surface area contributed by atoms with Crippen LogP contribution in [-0.4, -0.2) is 35.7 Å². The van der Waals surface area contributed by atoms with Crippen molar-refractivity contribution in [3.8, 4) is 0 Å². The van der Waals surface area contributed by atoms with E-state index in [0.29, 0.717) is 12.5 Å². The molecule has 2 aliphatic carbocycles. The molecule has 2 saturated carbocycles. The molecule has 0 saturated heterocycles. The zero-order valence-corrected chi connectivity index (χ0v) is 9.28. The lowest BCUT2D eigenvalue weighted by Crippen LogP contribution is -2.48. The molecule has 2 aliphatic rings. The van der Waals surface area contributed by atoms with Gasteiger partial charge < -0.3 is 10.0 Å². The predicted molar refractivity (Wildman–Crippen MR) is 58.2 cm³/mol. The van der Waals surface area contributed by atoms with Crippen molar-refractivity contribution in [3.05, 3.63) is 0 Å². The van der Waals surface area contributed by atoms with E-state index in [4.69, 9.17) is 5.11 Å². The summed E-state index contributed by atoms with van der Waals surface area (Å²) in [7, 11) is 0. The summed E-state index contributed by atoms with van der Waals surface area (Å²) in [6.07, 6.45) is 6.82. The maximum absolute atomic E-state index is 8.98. The van der Waals surface area contributed by atoms with Crippen molar-refractivity contribution < 1.29 is 5.11 Å². The monoisotopic (exact) mass is 197 g/mol. The SMILES string of the molecule is CCN(CC1CCC1)[C@H]1C[C@H](CO)C1. The minimum Gasteiger partial charge on any atom is -0.396 e. The fourth-order valence-corrected chi connectivity index (χ4v) is 2.69. The molecular formula is C12H23NO. The molecule has 1 N–H and O–H groups in total. The van der Waals surface area contributed by atoms with Crippen molar-refractivity contribution in [2.45, 2.75) is 45.1 Å². The summed E-state index contributed by atoms with van der Waals surface area (Å²) in [5.74, 6) is 1.60. The Hall–Kier alpha value is -0.0800. The van der Waals surface area contributed by atoms with E-state index < -0.39 is 0 Å². The Morgan fingerprint density at radius 3 is 2.36 bits per heavy atom. The third-order valence-corrected chi connectivity index (χ3v) is 4.11. The van der Waals surface area contributed by atoms with Crippen molar-refractivity contribution in [1.82, 2.24) is 4.90 Å². The zero-order chi connectivity index (χ0) is 9.97. The number of hydrogen-bond acceptors (Lipinski definition) is 2. The van der Waals surface area contributed by atoms with Gasteiger partial charge in [-0.15, -0.1) is 0 Å². The number of aliphatic hydroxyl groups excluding tert-OH is 1. The van der Waals surface area contributed by atoms with Gasteiger partial charge >= 0.3 is 0 Å². The van der Waals surface area contributed by atoms with Crippen LogP contribution in [0, 0.1) is 11.8 Å². The molecule has 0 unspecified atom stereocenters. The van der Waals surface area contributed by atoms with Crippen LogP contribution in [-0.2, 0) is 0 Å². The van der Waals surface area contributed by atoms with Crippen LogP contribution in [0.2, 0.25) is 0 Å². The van der Waals surface area contributed by atoms with E-state index in [1.54, 1.807) is 0 Å². The molecule has 2 nitrogen and oxygen atoms in total. The fourth-order valence-electron chi connectivity index (χ4n) is 2.69. The standard InChI is InChI=1S/C12H23NO/c1-2-13(8-10-4-3-5-10)12-6-11(7-12)9-14/h10-12,14H,2-9H2,1H3/t11-,12-. The van der Waals surface area contributed by atoms with Crippen molar-refractivity contribution in [2.75, 3.05) is 19.7 Å². The second kappa shape index (κ2) is 4.63. The highest BCUT2D eigenvalue weighted by Crippen LogP contribution is 2.34. The molecule has 0 aromatic heterocycles. The minimum absolute atomic E-state index is 0.400. The van der Waals surface area contributed by atoms with E-state index in [-0.39, 0.29) is 0 Å². The van der Waals surface area contributed by atoms with Gasteiger partial charge in [0.2, 0.25) is 0 Å². The summed E-state index contributed by atoms with van der Waals surface area (Å²) in [6, 6.07) is 0.790. The molecule has 0 bridgehead atoms. The first-order valence-corrected chi connectivity index (χ1v) is 6.18. The maximum Gasteiger partial charge on any atom is 0.0460 e. The Bertz CT molecular complexity index is 173. The van der Waals surface area contributed by atoms with Crippen LogP contribution in [0.15, 0.2) is 0 Å². The van der Waals surface area contributed by atoms with Gasteiger partial charge in [-0.1, -0.05) is 13.3 Å². The van der Waals surface area contributed by atoms with Crippen LogP contribution in [0.4, 0.5) is 0 Å². The van der Waals surface area contributed by atoms with Crippen LogP contribution in [0.25, 0.3) is 0 Å². The first kappa shape index (κ1) is 10.4. The molecule has 82 valence electrons. The molecule has 0 heterocycles. The van der Waals surface area contributed by atoms with Gasteiger partial charge in [-0.05, 0) is 44.1 Å². The summed E-state index contributed by atoms with van der Waals surface area (Å²) in [6.45, 7) is 5.18. The highest BCUT2D eigenvalue weighted by Gasteiger charge is 2.33. The van der Waals surface area contributed by atoms with Crippen LogP contribution in [0.5, 0.6) is 0 Å². The number of nitrogens with zero attached hydrogens (tertiary/aromatic N) is 1. The average Bonchev–Trinajstić information content (AvgIpc) is 2.05. The summed E-state index contributed by atoms with van der Waals surface area (Å²) < 4.78 is 0. The average molecular weight is 197 g/mol. The van der Waals surface area contributed by atoms with Crippen LogP contribution in [0.1, 0.15) is 39.0 Å². The van der Waals surface area contributed by atoms with Gasteiger partial charge in [0.15, 0.2) is 0 Å². The first-order valence-electron chi connectivity index (χ1n) is 6.18. The van der Waals surface area contributed by atoms with Gasteiger partial charge in [0.1, 0.15) is 0 Å². The fraction of sp³-hybridized carbons (Fsp3) is 1.00. The molecule has 0 radical (unpaired) electrons. The van der Waals surface area contributed by atoms with Crippen LogP contribution in [0.3, 0.4) is 0 Å². The lowest BCUT2D eigenvalue weighted by atomic mass is 9.78. The van der Waals surface area contributed by atoms with E-state index in [1.165, 1.54) is 45.2 Å². The van der Waals surface area contributed by atoms with Gasteiger partial charge in [0.05, 0.1) is 0 Å². The number of aliphatic hydroxyl groups is 1. The Balaban J connectivity index is 1.70. The number of hydrogen-bond donors (Lipinski definition) is 1. The molecule has 0 aromatic carbocycles. The normalized spacial score (nSPS) is 32.8. The summed E-state index contributed by atoms with van der Waals surface area (Å²) in [4.78, 5) is 2.63. The quantitative estimate of drug-likeness (QED) is 0.727. The van der Waals surface area contributed by atoms with Gasteiger partial charge in [-0.2, -0.15) is 0 Å². The van der Waals surface area contributed by atoms with E-state index in [9.17, 15) is 0 Å². The van der Waals surface area contributed by atoms with Crippen LogP contribution < -0.4 is 0 Å². The molecule has 14 heavy (non-hydrogen) atoms. The second-order valence-electron chi connectivity index (χ2n) is 5.06. The van der Waals surface area contributed by atoms with E-state index in [2.05, 4.69) is 11.8 Å². The lowest BCUT2D eigenvalue weighted by Gasteiger charge is -2.44.